The summed E-state index contributed by atoms with van der Waals surface area (Å²) < 4.78 is 26.6. The normalized spacial score (nSPS) is 10.4. The molecule has 0 saturated carbocycles. The first-order valence-electron chi connectivity index (χ1n) is 8.15. The van der Waals surface area contributed by atoms with Gasteiger partial charge in [-0.05, 0) is 24.3 Å². The zero-order valence-corrected chi connectivity index (χ0v) is 15.5. The van der Waals surface area contributed by atoms with Crippen LogP contribution in [0.3, 0.4) is 0 Å². The lowest BCUT2D eigenvalue weighted by molar-refractivity contribution is -0.139. The molecule has 0 fully saturated rings. The topological polar surface area (TPSA) is 113 Å². The van der Waals surface area contributed by atoms with Crippen molar-refractivity contribution in [2.24, 2.45) is 0 Å². The molecule has 28 heavy (non-hydrogen) atoms. The maximum Gasteiger partial charge on any atom is 0.341 e. The number of hydrogen-bond acceptors (Lipinski definition) is 8. The van der Waals surface area contributed by atoms with Crippen LogP contribution in [-0.4, -0.2) is 49.2 Å². The molecular formula is C19H18N2O7. The number of rotatable bonds is 8. The first-order chi connectivity index (χ1) is 13.6. The lowest BCUT2D eigenvalue weighted by Gasteiger charge is -2.12. The van der Waals surface area contributed by atoms with Gasteiger partial charge in [0.15, 0.2) is 18.1 Å². The van der Waals surface area contributed by atoms with Gasteiger partial charge >= 0.3 is 5.97 Å². The van der Waals surface area contributed by atoms with Crippen molar-refractivity contribution in [2.45, 2.75) is 0 Å². The number of hydrogen-bond donors (Lipinski definition) is 1. The maximum absolute atomic E-state index is 10.8. The minimum Gasteiger partial charge on any atom is -0.493 e. The summed E-state index contributed by atoms with van der Waals surface area (Å²) >= 11 is 0. The molecule has 9 nitrogen and oxygen atoms in total. The molecule has 0 atom stereocenters. The van der Waals surface area contributed by atoms with Crippen molar-refractivity contribution < 1.29 is 33.4 Å². The summed E-state index contributed by atoms with van der Waals surface area (Å²) in [5.74, 6) is 1.07. The minimum atomic E-state index is -1.08. The number of para-hydroxylation sites is 1. The first kappa shape index (κ1) is 19.0. The quantitative estimate of drug-likeness (QED) is 0.624. The molecule has 0 saturated heterocycles. The number of carboxylic acid groups (broad SMARTS) is 1. The lowest BCUT2D eigenvalue weighted by Crippen LogP contribution is -2.10. The van der Waals surface area contributed by atoms with Crippen LogP contribution in [-0.2, 0) is 4.79 Å². The van der Waals surface area contributed by atoms with Gasteiger partial charge in [0.25, 0.3) is 5.89 Å². The van der Waals surface area contributed by atoms with Gasteiger partial charge in [0, 0.05) is 5.56 Å². The number of methoxy groups -OCH3 is 3. The van der Waals surface area contributed by atoms with Crippen LogP contribution >= 0.6 is 0 Å². The Bertz CT molecular complexity index is 959. The van der Waals surface area contributed by atoms with Gasteiger partial charge in [0.2, 0.25) is 11.6 Å². The van der Waals surface area contributed by atoms with E-state index >= 15 is 0 Å². The second-order valence-corrected chi connectivity index (χ2v) is 5.52. The third kappa shape index (κ3) is 3.83. The molecule has 1 heterocycles. The van der Waals surface area contributed by atoms with E-state index in [9.17, 15) is 4.79 Å². The Morgan fingerprint density at radius 2 is 1.71 bits per heavy atom. The first-order valence-corrected chi connectivity index (χ1v) is 8.15. The second kappa shape index (κ2) is 8.30. The molecule has 1 aromatic heterocycles. The maximum atomic E-state index is 10.8. The van der Waals surface area contributed by atoms with Gasteiger partial charge in [0.1, 0.15) is 5.75 Å². The van der Waals surface area contributed by atoms with Gasteiger partial charge in [-0.15, -0.1) is 0 Å². The Morgan fingerprint density at radius 1 is 1.04 bits per heavy atom. The molecule has 0 aliphatic heterocycles. The Morgan fingerprint density at radius 3 is 2.32 bits per heavy atom. The summed E-state index contributed by atoms with van der Waals surface area (Å²) in [5, 5.41) is 12.8. The van der Waals surface area contributed by atoms with Gasteiger partial charge in [-0.25, -0.2) is 4.79 Å². The van der Waals surface area contributed by atoms with Crippen molar-refractivity contribution in [2.75, 3.05) is 27.9 Å². The number of ether oxygens (including phenoxy) is 4. The van der Waals surface area contributed by atoms with Crippen LogP contribution in [0.5, 0.6) is 23.0 Å². The van der Waals surface area contributed by atoms with Crippen molar-refractivity contribution in [3.63, 3.8) is 0 Å². The highest BCUT2D eigenvalue weighted by Gasteiger charge is 2.19. The number of carbonyl (C=O) groups is 1. The molecule has 2 aromatic carbocycles. The number of aliphatic carboxylic acids is 1. The molecule has 0 aliphatic carbocycles. The summed E-state index contributed by atoms with van der Waals surface area (Å²) in [6.07, 6.45) is 0. The van der Waals surface area contributed by atoms with Crippen LogP contribution in [0.1, 0.15) is 0 Å². The lowest BCUT2D eigenvalue weighted by atomic mass is 10.1. The van der Waals surface area contributed by atoms with Gasteiger partial charge in [-0.3, -0.25) is 0 Å². The van der Waals surface area contributed by atoms with E-state index in [-0.39, 0.29) is 11.7 Å². The third-order valence-electron chi connectivity index (χ3n) is 3.82. The van der Waals surface area contributed by atoms with Crippen molar-refractivity contribution in [1.82, 2.24) is 10.1 Å². The number of carboxylic acids is 1. The smallest absolute Gasteiger partial charge is 0.341 e. The Hall–Kier alpha value is -3.75. The summed E-state index contributed by atoms with van der Waals surface area (Å²) in [7, 11) is 4.53. The average molecular weight is 386 g/mol. The monoisotopic (exact) mass is 386 g/mol. The average Bonchev–Trinajstić information content (AvgIpc) is 3.21. The van der Waals surface area contributed by atoms with Crippen LogP contribution in [0, 0.1) is 0 Å². The molecule has 146 valence electrons. The molecule has 9 heteroatoms. The predicted molar refractivity (Wildman–Crippen MR) is 98.0 cm³/mol. The zero-order chi connectivity index (χ0) is 20.1. The highest BCUT2D eigenvalue weighted by Crippen LogP contribution is 2.41. The second-order valence-electron chi connectivity index (χ2n) is 5.52. The molecule has 1 N–H and O–H groups in total. The molecule has 0 bridgehead atoms. The van der Waals surface area contributed by atoms with Crippen molar-refractivity contribution in [3.05, 3.63) is 36.4 Å². The molecule has 3 rings (SSSR count). The molecule has 0 radical (unpaired) electrons. The Kier molecular flexibility index (Phi) is 5.64. The molecule has 0 spiro atoms. The third-order valence-corrected chi connectivity index (χ3v) is 3.82. The molecule has 3 aromatic rings. The van der Waals surface area contributed by atoms with E-state index in [2.05, 4.69) is 10.1 Å². The largest absolute Gasteiger partial charge is 0.493 e. The van der Waals surface area contributed by atoms with E-state index in [1.807, 2.05) is 0 Å². The van der Waals surface area contributed by atoms with Crippen LogP contribution in [0.25, 0.3) is 22.8 Å². The fourth-order valence-corrected chi connectivity index (χ4v) is 2.57. The minimum absolute atomic E-state index is 0.224. The van der Waals surface area contributed by atoms with Crippen LogP contribution in [0.2, 0.25) is 0 Å². The SMILES string of the molecule is COc1cc(-c2nc(-c3ccccc3OCC(=O)O)no2)cc(OC)c1OC. The molecule has 0 aliphatic rings. The highest BCUT2D eigenvalue weighted by atomic mass is 16.5. The van der Waals surface area contributed by atoms with E-state index in [1.165, 1.54) is 21.3 Å². The van der Waals surface area contributed by atoms with Crippen LogP contribution in [0.15, 0.2) is 40.9 Å². The van der Waals surface area contributed by atoms with E-state index in [4.69, 9.17) is 28.6 Å². The number of benzene rings is 2. The Balaban J connectivity index is 1.99. The number of nitrogens with zero attached hydrogens (tertiary/aromatic N) is 2. The van der Waals surface area contributed by atoms with E-state index in [0.29, 0.717) is 34.1 Å². The van der Waals surface area contributed by atoms with Gasteiger partial charge < -0.3 is 28.6 Å². The van der Waals surface area contributed by atoms with Crippen LogP contribution < -0.4 is 18.9 Å². The summed E-state index contributed by atoms with van der Waals surface area (Å²) in [6, 6.07) is 10.2. The van der Waals surface area contributed by atoms with Gasteiger partial charge in [-0.1, -0.05) is 17.3 Å². The van der Waals surface area contributed by atoms with E-state index in [1.54, 1.807) is 36.4 Å². The zero-order valence-electron chi connectivity index (χ0n) is 15.5. The van der Waals surface area contributed by atoms with Gasteiger partial charge in [-0.2, -0.15) is 4.98 Å². The predicted octanol–water partition coefficient (Wildman–Crippen LogP) is 2.89. The van der Waals surface area contributed by atoms with E-state index < -0.39 is 12.6 Å². The fraction of sp³-hybridized carbons (Fsp3) is 0.211. The highest BCUT2D eigenvalue weighted by molar-refractivity contribution is 5.71. The standard InChI is InChI=1S/C19H18N2O7/c1-24-14-8-11(9-15(25-2)17(14)26-3)19-20-18(21-28-19)12-6-4-5-7-13(12)27-10-16(22)23/h4-9H,10H2,1-3H3,(H,22,23). The summed E-state index contributed by atoms with van der Waals surface area (Å²) in [5.41, 5.74) is 1.07. The van der Waals surface area contributed by atoms with Crippen molar-refractivity contribution in [1.29, 1.82) is 0 Å². The van der Waals surface area contributed by atoms with E-state index in [0.717, 1.165) is 0 Å². The summed E-state index contributed by atoms with van der Waals surface area (Å²) in [6.45, 7) is -0.478. The fourth-order valence-electron chi connectivity index (χ4n) is 2.57. The van der Waals surface area contributed by atoms with Gasteiger partial charge in [0.05, 0.1) is 26.9 Å². The number of aromatic nitrogens is 2. The molecule has 0 unspecified atom stereocenters. The molecule has 0 amide bonds. The molecular weight excluding hydrogens is 368 g/mol. The van der Waals surface area contributed by atoms with Crippen molar-refractivity contribution in [3.8, 4) is 45.8 Å². The van der Waals surface area contributed by atoms with Crippen LogP contribution in [0.4, 0.5) is 0 Å². The Labute approximate surface area is 160 Å². The summed E-state index contributed by atoms with van der Waals surface area (Å²) in [4.78, 5) is 15.2. The van der Waals surface area contributed by atoms with Crippen molar-refractivity contribution >= 4 is 5.97 Å².